The van der Waals surface area contributed by atoms with Crippen LogP contribution in [0, 0.1) is 0 Å². The number of carbonyl (C=O) groups is 1. The summed E-state index contributed by atoms with van der Waals surface area (Å²) in [5, 5.41) is 6.59. The number of aryl methyl sites for hydroxylation is 1. The fourth-order valence-corrected chi connectivity index (χ4v) is 5.55. The monoisotopic (exact) mass is 401 g/mol. The summed E-state index contributed by atoms with van der Waals surface area (Å²) < 4.78 is 6.63. The smallest absolute Gasteiger partial charge is 0.217 e. The molecule has 0 aliphatic carbocycles. The maximum absolute atomic E-state index is 10.9. The second kappa shape index (κ2) is 6.43. The highest BCUT2D eigenvalue weighted by molar-refractivity contribution is 9.10. The van der Waals surface area contributed by atoms with Gasteiger partial charge in [-0.2, -0.15) is 4.37 Å². The SMILES string of the molecule is NC(=O)CCc1sc2c(NCc3cccs3)snc2c1Br. The van der Waals surface area contributed by atoms with Crippen molar-refractivity contribution in [1.82, 2.24) is 4.37 Å². The highest BCUT2D eigenvalue weighted by Gasteiger charge is 2.17. The summed E-state index contributed by atoms with van der Waals surface area (Å²) in [6.45, 7) is 0.807. The summed E-state index contributed by atoms with van der Waals surface area (Å²) in [5.74, 6) is -0.276. The fraction of sp³-hybridized carbons (Fsp3) is 0.231. The summed E-state index contributed by atoms with van der Waals surface area (Å²) in [4.78, 5) is 13.3. The number of rotatable bonds is 6. The lowest BCUT2D eigenvalue weighted by atomic mass is 10.2. The van der Waals surface area contributed by atoms with E-state index in [9.17, 15) is 4.79 Å². The van der Waals surface area contributed by atoms with E-state index in [1.807, 2.05) is 6.07 Å². The van der Waals surface area contributed by atoms with Crippen molar-refractivity contribution in [3.63, 3.8) is 0 Å². The highest BCUT2D eigenvalue weighted by atomic mass is 79.9. The number of hydrogen-bond donors (Lipinski definition) is 2. The topological polar surface area (TPSA) is 68.0 Å². The van der Waals surface area contributed by atoms with Crippen molar-refractivity contribution in [2.75, 3.05) is 5.32 Å². The molecule has 3 heterocycles. The standard InChI is InChI=1S/C13H12BrN3OS3/c14-10-8(3-4-9(15)18)20-12-11(10)17-21-13(12)16-6-7-2-1-5-19-7/h1-2,5,16H,3-4,6H2,(H2,15,18). The molecule has 0 fully saturated rings. The van der Waals surface area contributed by atoms with Crippen molar-refractivity contribution in [3.8, 4) is 0 Å². The van der Waals surface area contributed by atoms with Gasteiger partial charge in [0.05, 0.1) is 15.7 Å². The van der Waals surface area contributed by atoms with Gasteiger partial charge in [0.1, 0.15) is 10.5 Å². The van der Waals surface area contributed by atoms with Crippen LogP contribution in [0.2, 0.25) is 0 Å². The van der Waals surface area contributed by atoms with Gasteiger partial charge < -0.3 is 11.1 Å². The minimum Gasteiger partial charge on any atom is -0.370 e. The Morgan fingerprint density at radius 1 is 1.48 bits per heavy atom. The number of fused-ring (bicyclic) bond motifs is 1. The molecule has 0 aliphatic heterocycles. The summed E-state index contributed by atoms with van der Waals surface area (Å²) in [6, 6.07) is 4.16. The first kappa shape index (κ1) is 15.0. The van der Waals surface area contributed by atoms with Crippen LogP contribution in [-0.4, -0.2) is 10.3 Å². The van der Waals surface area contributed by atoms with E-state index < -0.39 is 0 Å². The number of nitrogens with zero attached hydrogens (tertiary/aromatic N) is 1. The van der Waals surface area contributed by atoms with Crippen LogP contribution >= 0.6 is 50.1 Å². The zero-order valence-corrected chi connectivity index (χ0v) is 14.9. The van der Waals surface area contributed by atoms with E-state index in [4.69, 9.17) is 5.73 Å². The molecule has 0 spiro atoms. The molecule has 3 N–H and O–H groups in total. The number of thiophene rings is 2. The number of amides is 1. The summed E-state index contributed by atoms with van der Waals surface area (Å²) >= 11 is 8.46. The molecule has 3 aromatic heterocycles. The van der Waals surface area contributed by atoms with Crippen LogP contribution in [0.5, 0.6) is 0 Å². The number of aromatic nitrogens is 1. The van der Waals surface area contributed by atoms with Crippen LogP contribution in [0.3, 0.4) is 0 Å². The molecule has 4 nitrogen and oxygen atoms in total. The van der Waals surface area contributed by atoms with Gasteiger partial charge in [-0.3, -0.25) is 4.79 Å². The Labute approximate surface area is 142 Å². The Balaban J connectivity index is 1.80. The number of hydrogen-bond acceptors (Lipinski definition) is 6. The van der Waals surface area contributed by atoms with Crippen LogP contribution in [0.25, 0.3) is 10.2 Å². The van der Waals surface area contributed by atoms with Crippen LogP contribution in [-0.2, 0) is 17.8 Å². The molecule has 0 saturated carbocycles. The lowest BCUT2D eigenvalue weighted by Gasteiger charge is -2.00. The molecular weight excluding hydrogens is 390 g/mol. The van der Waals surface area contributed by atoms with Crippen LogP contribution in [0.15, 0.2) is 22.0 Å². The Kier molecular flexibility index (Phi) is 4.58. The molecule has 0 radical (unpaired) electrons. The Morgan fingerprint density at radius 2 is 2.33 bits per heavy atom. The van der Waals surface area contributed by atoms with Crippen LogP contribution in [0.4, 0.5) is 5.00 Å². The predicted molar refractivity (Wildman–Crippen MR) is 94.4 cm³/mol. The first-order valence-electron chi connectivity index (χ1n) is 6.26. The number of carbonyl (C=O) groups excluding carboxylic acids is 1. The molecule has 110 valence electrons. The van der Waals surface area contributed by atoms with E-state index in [0.717, 1.165) is 31.1 Å². The summed E-state index contributed by atoms with van der Waals surface area (Å²) in [5.41, 5.74) is 6.19. The third-order valence-corrected chi connectivity index (χ3v) is 7.11. The number of halogens is 1. The quantitative estimate of drug-likeness (QED) is 0.649. The molecule has 0 unspecified atom stereocenters. The zero-order chi connectivity index (χ0) is 14.8. The van der Waals surface area contributed by atoms with Crippen LogP contribution < -0.4 is 11.1 Å². The highest BCUT2D eigenvalue weighted by Crippen LogP contribution is 2.42. The Morgan fingerprint density at radius 3 is 3.05 bits per heavy atom. The normalized spacial score (nSPS) is 11.1. The molecule has 8 heteroatoms. The second-order valence-corrected chi connectivity index (χ2v) is 8.13. The maximum Gasteiger partial charge on any atom is 0.217 e. The van der Waals surface area contributed by atoms with Crippen molar-refractivity contribution in [1.29, 1.82) is 0 Å². The maximum atomic E-state index is 10.9. The predicted octanol–water partition coefficient (Wildman–Crippen LogP) is 4.21. The average Bonchev–Trinajstić information content (AvgIpc) is 3.14. The minimum atomic E-state index is -0.276. The molecule has 0 bridgehead atoms. The van der Waals surface area contributed by atoms with Crippen LogP contribution in [0.1, 0.15) is 16.2 Å². The third kappa shape index (κ3) is 3.28. The van der Waals surface area contributed by atoms with Gasteiger partial charge in [0.2, 0.25) is 5.91 Å². The zero-order valence-electron chi connectivity index (χ0n) is 10.9. The lowest BCUT2D eigenvalue weighted by Crippen LogP contribution is -2.10. The largest absolute Gasteiger partial charge is 0.370 e. The van der Waals surface area contributed by atoms with E-state index in [1.54, 1.807) is 22.7 Å². The molecule has 3 aromatic rings. The molecule has 0 aromatic carbocycles. The van der Waals surface area contributed by atoms with Crippen molar-refractivity contribution >= 4 is 71.3 Å². The number of anilines is 1. The summed E-state index contributed by atoms with van der Waals surface area (Å²) in [7, 11) is 0. The van der Waals surface area contributed by atoms with Crippen molar-refractivity contribution in [2.24, 2.45) is 5.73 Å². The van der Waals surface area contributed by atoms with Gasteiger partial charge in [-0.1, -0.05) is 6.07 Å². The van der Waals surface area contributed by atoms with E-state index in [1.165, 1.54) is 16.4 Å². The second-order valence-electron chi connectivity index (χ2n) is 4.43. The van der Waals surface area contributed by atoms with Gasteiger partial charge in [0.25, 0.3) is 0 Å². The lowest BCUT2D eigenvalue weighted by molar-refractivity contribution is -0.117. The van der Waals surface area contributed by atoms with Gasteiger partial charge in [0, 0.05) is 16.2 Å². The Hall–Kier alpha value is -0.960. The third-order valence-electron chi connectivity index (χ3n) is 2.93. The number of nitrogens with one attached hydrogen (secondary N) is 1. The van der Waals surface area contributed by atoms with Crippen molar-refractivity contribution in [3.05, 3.63) is 31.7 Å². The minimum absolute atomic E-state index is 0.276. The van der Waals surface area contributed by atoms with Crippen molar-refractivity contribution in [2.45, 2.75) is 19.4 Å². The molecule has 1 amide bonds. The van der Waals surface area contributed by atoms with E-state index >= 15 is 0 Å². The first-order chi connectivity index (χ1) is 10.1. The van der Waals surface area contributed by atoms with E-state index in [-0.39, 0.29) is 5.91 Å². The van der Waals surface area contributed by atoms with E-state index in [2.05, 4.69) is 37.1 Å². The molecular formula is C13H12BrN3OS3. The molecule has 3 rings (SSSR count). The molecule has 0 aliphatic rings. The van der Waals surface area contributed by atoms with Gasteiger partial charge in [-0.05, 0) is 45.3 Å². The number of nitrogens with two attached hydrogens (primary N) is 1. The van der Waals surface area contributed by atoms with E-state index in [0.29, 0.717) is 12.8 Å². The number of primary amides is 1. The first-order valence-corrected chi connectivity index (χ1v) is 9.52. The van der Waals surface area contributed by atoms with Gasteiger partial charge in [0.15, 0.2) is 0 Å². The van der Waals surface area contributed by atoms with Gasteiger partial charge in [-0.25, -0.2) is 0 Å². The van der Waals surface area contributed by atoms with Crippen molar-refractivity contribution < 1.29 is 4.79 Å². The average molecular weight is 402 g/mol. The van der Waals surface area contributed by atoms with Gasteiger partial charge in [-0.15, -0.1) is 22.7 Å². The van der Waals surface area contributed by atoms with Gasteiger partial charge >= 0.3 is 0 Å². The fourth-order valence-electron chi connectivity index (χ4n) is 1.91. The molecule has 0 saturated heterocycles. The Bertz CT molecular complexity index is 763. The molecule has 0 atom stereocenters. The summed E-state index contributed by atoms with van der Waals surface area (Å²) in [6.07, 6.45) is 1.02. The molecule has 21 heavy (non-hydrogen) atoms.